The van der Waals surface area contributed by atoms with E-state index >= 15 is 0 Å². The van der Waals surface area contributed by atoms with Crippen LogP contribution in [-0.2, 0) is 11.3 Å². The second kappa shape index (κ2) is 13.0. The maximum Gasteiger partial charge on any atom is 0.253 e. The Bertz CT molecular complexity index is 1470. The van der Waals surface area contributed by atoms with Crippen LogP contribution < -0.4 is 10.6 Å². The third-order valence-corrected chi connectivity index (χ3v) is 8.29. The molecule has 39 heavy (non-hydrogen) atoms. The van der Waals surface area contributed by atoms with E-state index in [0.717, 1.165) is 16.1 Å². The number of aromatic nitrogens is 4. The molecule has 2 N–H and O–H groups in total. The van der Waals surface area contributed by atoms with E-state index in [-0.39, 0.29) is 28.5 Å². The summed E-state index contributed by atoms with van der Waals surface area (Å²) in [6.45, 7) is 8.50. The fraction of sp³-hybridized carbons (Fsp3) is 0.296. The van der Waals surface area contributed by atoms with Crippen molar-refractivity contribution >= 4 is 63.2 Å². The van der Waals surface area contributed by atoms with Gasteiger partial charge in [-0.3, -0.25) is 9.59 Å². The number of carbonyl (C=O) groups excluding carboxylic acids is 2. The molecule has 204 valence electrons. The van der Waals surface area contributed by atoms with Crippen molar-refractivity contribution in [1.29, 1.82) is 0 Å². The lowest BCUT2D eigenvalue weighted by Crippen LogP contribution is -2.34. The van der Waals surface area contributed by atoms with E-state index < -0.39 is 6.04 Å². The highest BCUT2D eigenvalue weighted by atomic mass is 35.5. The summed E-state index contributed by atoms with van der Waals surface area (Å²) in [6, 6.07) is 14.2. The third kappa shape index (κ3) is 7.00. The molecule has 0 unspecified atom stereocenters. The maximum atomic E-state index is 13.0. The number of carbonyl (C=O) groups is 2. The van der Waals surface area contributed by atoms with Crippen LogP contribution in [0.5, 0.6) is 0 Å². The molecule has 0 bridgehead atoms. The summed E-state index contributed by atoms with van der Waals surface area (Å²) in [6.07, 6.45) is 0. The van der Waals surface area contributed by atoms with Gasteiger partial charge in [-0.25, -0.2) is 4.98 Å². The molecule has 2 aromatic carbocycles. The molecule has 0 fully saturated rings. The molecule has 0 spiro atoms. The van der Waals surface area contributed by atoms with Crippen molar-refractivity contribution in [3.8, 4) is 11.3 Å². The second-order valence-corrected chi connectivity index (χ2v) is 12.0. The van der Waals surface area contributed by atoms with E-state index in [0.29, 0.717) is 33.2 Å². The van der Waals surface area contributed by atoms with E-state index in [1.165, 1.54) is 29.2 Å². The summed E-state index contributed by atoms with van der Waals surface area (Å²) in [5.74, 6) is 0.241. The predicted octanol–water partition coefficient (Wildman–Crippen LogP) is 6.89. The van der Waals surface area contributed by atoms with Gasteiger partial charge in [0.25, 0.3) is 5.91 Å². The predicted molar refractivity (Wildman–Crippen MR) is 159 cm³/mol. The molecular weight excluding hydrogens is 575 g/mol. The second-order valence-electron chi connectivity index (χ2n) is 9.03. The number of thiazole rings is 1. The zero-order valence-electron chi connectivity index (χ0n) is 21.9. The number of thioether (sulfide) groups is 1. The third-order valence-electron chi connectivity index (χ3n) is 5.89. The number of nitrogens with zero attached hydrogens (tertiary/aromatic N) is 4. The highest BCUT2D eigenvalue weighted by molar-refractivity contribution is 7.99. The molecule has 8 nitrogen and oxygen atoms in total. The van der Waals surface area contributed by atoms with Crippen LogP contribution in [-0.4, -0.2) is 37.3 Å². The molecule has 0 radical (unpaired) electrons. The SMILES string of the molecule is CCn1c(SCC(=O)Nc2nc(-c3ccccc3)c(C)s2)nnc1[C@H](NC(=O)c1ccc(Cl)cc1Cl)C(C)C. The number of hydrogen-bond acceptors (Lipinski definition) is 7. The Balaban J connectivity index is 1.44. The van der Waals surface area contributed by atoms with Gasteiger partial charge in [0.2, 0.25) is 5.91 Å². The Morgan fingerprint density at radius 3 is 2.51 bits per heavy atom. The van der Waals surface area contributed by atoms with Gasteiger partial charge < -0.3 is 15.2 Å². The Labute approximate surface area is 245 Å². The number of rotatable bonds is 10. The van der Waals surface area contributed by atoms with Crippen LogP contribution >= 0.6 is 46.3 Å². The topological polar surface area (TPSA) is 102 Å². The molecule has 4 aromatic rings. The van der Waals surface area contributed by atoms with Gasteiger partial charge in [-0.1, -0.05) is 79.1 Å². The fourth-order valence-corrected chi connectivity index (χ4v) is 6.11. The van der Waals surface area contributed by atoms with Crippen LogP contribution in [0.15, 0.2) is 53.7 Å². The quantitative estimate of drug-likeness (QED) is 0.191. The van der Waals surface area contributed by atoms with Crippen LogP contribution in [0.1, 0.15) is 47.9 Å². The summed E-state index contributed by atoms with van der Waals surface area (Å²) in [5, 5.41) is 16.5. The lowest BCUT2D eigenvalue weighted by Gasteiger charge is -2.22. The lowest BCUT2D eigenvalue weighted by atomic mass is 10.0. The zero-order chi connectivity index (χ0) is 28.1. The van der Waals surface area contributed by atoms with Crippen molar-refractivity contribution in [1.82, 2.24) is 25.1 Å². The minimum Gasteiger partial charge on any atom is -0.342 e. The maximum absolute atomic E-state index is 13.0. The van der Waals surface area contributed by atoms with E-state index in [1.807, 2.05) is 62.6 Å². The number of anilines is 1. The number of hydrogen-bond donors (Lipinski definition) is 2. The average molecular weight is 604 g/mol. The first-order chi connectivity index (χ1) is 18.7. The van der Waals surface area contributed by atoms with Gasteiger partial charge in [0.05, 0.1) is 28.1 Å². The molecule has 12 heteroatoms. The van der Waals surface area contributed by atoms with Gasteiger partial charge in [0, 0.05) is 22.0 Å². The monoisotopic (exact) mass is 602 g/mol. The van der Waals surface area contributed by atoms with Crippen LogP contribution in [0, 0.1) is 12.8 Å². The number of halogens is 2. The molecule has 0 aliphatic rings. The van der Waals surface area contributed by atoms with Crippen molar-refractivity contribution < 1.29 is 9.59 Å². The van der Waals surface area contributed by atoms with Crippen molar-refractivity contribution in [2.45, 2.75) is 45.4 Å². The van der Waals surface area contributed by atoms with Crippen molar-refractivity contribution in [3.63, 3.8) is 0 Å². The van der Waals surface area contributed by atoms with Crippen LogP contribution in [0.4, 0.5) is 5.13 Å². The largest absolute Gasteiger partial charge is 0.342 e. The van der Waals surface area contributed by atoms with Gasteiger partial charge in [-0.2, -0.15) is 0 Å². The van der Waals surface area contributed by atoms with Gasteiger partial charge >= 0.3 is 0 Å². The van der Waals surface area contributed by atoms with Gasteiger partial charge in [-0.05, 0) is 38.0 Å². The molecule has 0 aliphatic carbocycles. The highest BCUT2D eigenvalue weighted by Crippen LogP contribution is 2.31. The van der Waals surface area contributed by atoms with Gasteiger partial charge in [-0.15, -0.1) is 21.5 Å². The molecule has 2 aromatic heterocycles. The highest BCUT2D eigenvalue weighted by Gasteiger charge is 2.27. The van der Waals surface area contributed by atoms with E-state index in [1.54, 1.807) is 12.1 Å². The Morgan fingerprint density at radius 2 is 1.85 bits per heavy atom. The standard InChI is InChI=1S/C27H28Cl2N6O2S2/c1-5-35-24(22(15(2)3)31-25(37)19-12-11-18(28)13-20(19)29)33-34-27(35)38-14-21(36)30-26-32-23(16(4)39-26)17-9-7-6-8-10-17/h6-13,15,22H,5,14H2,1-4H3,(H,31,37)(H,30,32,36)/t22-/m1/s1. The van der Waals surface area contributed by atoms with Crippen molar-refractivity contribution in [3.05, 3.63) is 74.8 Å². The molecule has 1 atom stereocenters. The first-order valence-corrected chi connectivity index (χ1v) is 14.9. The van der Waals surface area contributed by atoms with Gasteiger partial charge in [0.15, 0.2) is 16.1 Å². The van der Waals surface area contributed by atoms with Crippen molar-refractivity contribution in [2.75, 3.05) is 11.1 Å². The number of amides is 2. The fourth-order valence-electron chi connectivity index (χ4n) is 3.96. The van der Waals surface area contributed by atoms with Crippen LogP contribution in [0.25, 0.3) is 11.3 Å². The molecule has 0 saturated carbocycles. The number of benzene rings is 2. The summed E-state index contributed by atoms with van der Waals surface area (Å²) < 4.78 is 1.91. The van der Waals surface area contributed by atoms with Crippen LogP contribution in [0.3, 0.4) is 0 Å². The van der Waals surface area contributed by atoms with E-state index in [9.17, 15) is 9.59 Å². The summed E-state index contributed by atoms with van der Waals surface area (Å²) in [4.78, 5) is 31.4. The molecule has 2 amide bonds. The molecule has 0 saturated heterocycles. The van der Waals surface area contributed by atoms with Gasteiger partial charge in [0.1, 0.15) is 0 Å². The lowest BCUT2D eigenvalue weighted by molar-refractivity contribution is -0.113. The minimum absolute atomic E-state index is 0.0163. The zero-order valence-corrected chi connectivity index (χ0v) is 25.0. The summed E-state index contributed by atoms with van der Waals surface area (Å²) in [7, 11) is 0. The smallest absolute Gasteiger partial charge is 0.253 e. The average Bonchev–Trinajstić information content (AvgIpc) is 3.48. The molecule has 2 heterocycles. The first-order valence-electron chi connectivity index (χ1n) is 12.3. The van der Waals surface area contributed by atoms with E-state index in [4.69, 9.17) is 23.2 Å². The van der Waals surface area contributed by atoms with Crippen molar-refractivity contribution in [2.24, 2.45) is 5.92 Å². The minimum atomic E-state index is -0.422. The first kappa shape index (κ1) is 29.1. The number of aryl methyl sites for hydroxylation is 1. The van der Waals surface area contributed by atoms with E-state index in [2.05, 4.69) is 25.8 Å². The molecular formula is C27H28Cl2N6O2S2. The normalized spacial score (nSPS) is 12.0. The van der Waals surface area contributed by atoms with Crippen LogP contribution in [0.2, 0.25) is 10.0 Å². The summed E-state index contributed by atoms with van der Waals surface area (Å²) in [5.41, 5.74) is 2.20. The molecule has 4 rings (SSSR count). The number of nitrogens with one attached hydrogen (secondary N) is 2. The summed E-state index contributed by atoms with van der Waals surface area (Å²) >= 11 is 14.9. The Hall–Kier alpha value is -2.92. The Kier molecular flexibility index (Phi) is 9.66. The Morgan fingerprint density at radius 1 is 1.10 bits per heavy atom. The molecule has 0 aliphatic heterocycles.